The largest absolute Gasteiger partial charge is 0.465 e. The fourth-order valence-corrected chi connectivity index (χ4v) is 3.35. The van der Waals surface area contributed by atoms with Crippen molar-refractivity contribution in [2.75, 3.05) is 7.11 Å². The average molecular weight is 277 g/mol. The Hall–Kier alpha value is -2.55. The molecule has 0 atom stereocenters. The smallest absolute Gasteiger partial charge is 0.338 e. The van der Waals surface area contributed by atoms with Gasteiger partial charge in [0.25, 0.3) is 0 Å². The zero-order chi connectivity index (χ0) is 14.6. The fraction of sp³-hybridized carbons (Fsp3) is 0.167. The van der Waals surface area contributed by atoms with E-state index < -0.39 is 0 Å². The number of aromatic nitrogens is 1. The maximum atomic E-state index is 12.0. The number of ether oxygens (including phenoxy) is 1. The zero-order valence-electron chi connectivity index (χ0n) is 12.0. The molecule has 2 aromatic carbocycles. The van der Waals surface area contributed by atoms with Crippen molar-refractivity contribution in [1.82, 2.24) is 4.57 Å². The highest BCUT2D eigenvalue weighted by atomic mass is 16.5. The SMILES string of the molecule is CCn1c2ccccc2c2cc3cc(c21)C(C(=O)OC)=C3. The van der Waals surface area contributed by atoms with Crippen molar-refractivity contribution in [2.45, 2.75) is 13.5 Å². The van der Waals surface area contributed by atoms with E-state index in [2.05, 4.69) is 47.9 Å². The van der Waals surface area contributed by atoms with Gasteiger partial charge in [0.15, 0.2) is 0 Å². The van der Waals surface area contributed by atoms with Gasteiger partial charge < -0.3 is 9.30 Å². The van der Waals surface area contributed by atoms with Crippen LogP contribution in [0.25, 0.3) is 33.5 Å². The Morgan fingerprint density at radius 1 is 1.19 bits per heavy atom. The van der Waals surface area contributed by atoms with Crippen molar-refractivity contribution in [1.29, 1.82) is 0 Å². The van der Waals surface area contributed by atoms with Gasteiger partial charge in [0.1, 0.15) is 0 Å². The van der Waals surface area contributed by atoms with E-state index >= 15 is 0 Å². The topological polar surface area (TPSA) is 31.2 Å². The van der Waals surface area contributed by atoms with Crippen LogP contribution in [-0.4, -0.2) is 17.6 Å². The molecule has 0 radical (unpaired) electrons. The first-order valence-electron chi connectivity index (χ1n) is 7.10. The van der Waals surface area contributed by atoms with Crippen LogP contribution in [0.2, 0.25) is 0 Å². The molecule has 0 amide bonds. The van der Waals surface area contributed by atoms with Gasteiger partial charge in [0, 0.05) is 28.4 Å². The average Bonchev–Trinajstić information content (AvgIpc) is 3.03. The second-order valence-electron chi connectivity index (χ2n) is 5.28. The monoisotopic (exact) mass is 277 g/mol. The molecule has 0 aliphatic heterocycles. The van der Waals surface area contributed by atoms with Crippen LogP contribution in [0.15, 0.2) is 36.4 Å². The Morgan fingerprint density at radius 2 is 2.00 bits per heavy atom. The molecule has 3 heteroatoms. The van der Waals surface area contributed by atoms with E-state index in [9.17, 15) is 4.79 Å². The summed E-state index contributed by atoms with van der Waals surface area (Å²) in [6, 6.07) is 12.6. The summed E-state index contributed by atoms with van der Waals surface area (Å²) in [6.07, 6.45) is 1.91. The fourth-order valence-electron chi connectivity index (χ4n) is 3.35. The van der Waals surface area contributed by atoms with Gasteiger partial charge in [-0.15, -0.1) is 0 Å². The highest BCUT2D eigenvalue weighted by Gasteiger charge is 2.24. The van der Waals surface area contributed by atoms with Crippen LogP contribution >= 0.6 is 0 Å². The summed E-state index contributed by atoms with van der Waals surface area (Å²) in [4.78, 5) is 12.0. The first-order chi connectivity index (χ1) is 10.2. The van der Waals surface area contributed by atoms with E-state index in [1.165, 1.54) is 23.4 Å². The number of hydrogen-bond donors (Lipinski definition) is 0. The molecule has 1 aliphatic carbocycles. The number of hydrogen-bond acceptors (Lipinski definition) is 2. The molecule has 104 valence electrons. The van der Waals surface area contributed by atoms with Gasteiger partial charge in [-0.3, -0.25) is 0 Å². The minimum atomic E-state index is -0.273. The second kappa shape index (κ2) is 4.22. The van der Waals surface area contributed by atoms with Gasteiger partial charge >= 0.3 is 5.97 Å². The molecule has 4 rings (SSSR count). The van der Waals surface area contributed by atoms with Crippen molar-refractivity contribution in [3.05, 3.63) is 47.5 Å². The lowest BCUT2D eigenvalue weighted by molar-refractivity contribution is -0.133. The summed E-state index contributed by atoms with van der Waals surface area (Å²) >= 11 is 0. The molecule has 21 heavy (non-hydrogen) atoms. The van der Waals surface area contributed by atoms with Gasteiger partial charge in [-0.1, -0.05) is 18.2 Å². The molecular formula is C18H15NO2. The number of para-hydroxylation sites is 1. The Morgan fingerprint density at radius 3 is 2.76 bits per heavy atom. The lowest BCUT2D eigenvalue weighted by atomic mass is 10.1. The third-order valence-corrected chi connectivity index (χ3v) is 4.21. The molecule has 0 unspecified atom stereocenters. The summed E-state index contributed by atoms with van der Waals surface area (Å²) in [7, 11) is 1.43. The van der Waals surface area contributed by atoms with E-state index in [-0.39, 0.29) is 5.97 Å². The third-order valence-electron chi connectivity index (χ3n) is 4.21. The molecule has 1 aliphatic rings. The first-order valence-corrected chi connectivity index (χ1v) is 7.10. The summed E-state index contributed by atoms with van der Waals surface area (Å²) < 4.78 is 7.19. The highest BCUT2D eigenvalue weighted by Crippen LogP contribution is 2.39. The standard InChI is InChI=1S/C18H15NO2/c1-3-19-16-7-5-4-6-12(16)13-8-11-9-14(17(13)19)15(10-11)18(20)21-2/h4-10H,3H2,1-2H3. The highest BCUT2D eigenvalue weighted by molar-refractivity contribution is 6.28. The van der Waals surface area contributed by atoms with Crippen LogP contribution in [0.3, 0.4) is 0 Å². The van der Waals surface area contributed by atoms with E-state index in [0.717, 1.165) is 23.2 Å². The number of aryl methyl sites for hydroxylation is 1. The van der Waals surface area contributed by atoms with Crippen LogP contribution in [0.1, 0.15) is 18.1 Å². The van der Waals surface area contributed by atoms with Gasteiger partial charge in [0.2, 0.25) is 0 Å². The van der Waals surface area contributed by atoms with Crippen molar-refractivity contribution < 1.29 is 9.53 Å². The van der Waals surface area contributed by atoms with Crippen LogP contribution in [0.5, 0.6) is 0 Å². The quantitative estimate of drug-likeness (QED) is 0.666. The van der Waals surface area contributed by atoms with Crippen LogP contribution in [0, 0.1) is 0 Å². The van der Waals surface area contributed by atoms with Gasteiger partial charge in [-0.05, 0) is 36.8 Å². The van der Waals surface area contributed by atoms with Crippen molar-refractivity contribution in [2.24, 2.45) is 0 Å². The van der Waals surface area contributed by atoms with Gasteiger partial charge in [0.05, 0.1) is 18.2 Å². The number of esters is 1. The van der Waals surface area contributed by atoms with E-state index in [1.807, 2.05) is 6.08 Å². The van der Waals surface area contributed by atoms with Crippen molar-refractivity contribution in [3.63, 3.8) is 0 Å². The number of benzene rings is 2. The molecule has 0 fully saturated rings. The molecule has 1 aromatic heterocycles. The van der Waals surface area contributed by atoms with E-state index in [1.54, 1.807) is 0 Å². The number of fused-ring (bicyclic) bond motifs is 6. The summed E-state index contributed by atoms with van der Waals surface area (Å²) in [6.45, 7) is 2.99. The Bertz CT molecular complexity index is 931. The number of methoxy groups -OCH3 is 1. The zero-order valence-corrected chi connectivity index (χ0v) is 12.0. The number of carbonyl (C=O) groups excluding carboxylic acids is 1. The minimum Gasteiger partial charge on any atom is -0.465 e. The first kappa shape index (κ1) is 12.2. The molecule has 2 bridgehead atoms. The maximum Gasteiger partial charge on any atom is 0.338 e. The lowest BCUT2D eigenvalue weighted by Crippen LogP contribution is -2.03. The lowest BCUT2D eigenvalue weighted by Gasteiger charge is -2.07. The molecule has 3 aromatic rings. The third kappa shape index (κ3) is 1.51. The summed E-state index contributed by atoms with van der Waals surface area (Å²) in [5.41, 5.74) is 5.03. The van der Waals surface area contributed by atoms with Crippen LogP contribution in [0.4, 0.5) is 0 Å². The minimum absolute atomic E-state index is 0.273. The van der Waals surface area contributed by atoms with E-state index in [0.29, 0.717) is 5.57 Å². The normalized spacial score (nSPS) is 13.0. The predicted octanol–water partition coefficient (Wildman–Crippen LogP) is 3.84. The number of carbonyl (C=O) groups is 1. The van der Waals surface area contributed by atoms with E-state index in [4.69, 9.17) is 4.74 Å². The molecule has 0 saturated carbocycles. The maximum absolute atomic E-state index is 12.0. The van der Waals surface area contributed by atoms with Crippen molar-refractivity contribution in [3.8, 4) is 0 Å². The van der Waals surface area contributed by atoms with Gasteiger partial charge in [-0.2, -0.15) is 0 Å². The summed E-state index contributed by atoms with van der Waals surface area (Å²) in [5, 5.41) is 2.44. The molecular weight excluding hydrogens is 262 g/mol. The second-order valence-corrected chi connectivity index (χ2v) is 5.28. The van der Waals surface area contributed by atoms with Crippen LogP contribution in [-0.2, 0) is 16.1 Å². The Labute approximate surface area is 122 Å². The molecule has 3 nitrogen and oxygen atoms in total. The van der Waals surface area contributed by atoms with Gasteiger partial charge in [-0.25, -0.2) is 4.79 Å². The van der Waals surface area contributed by atoms with Crippen molar-refractivity contribution >= 4 is 39.4 Å². The molecule has 1 heterocycles. The number of rotatable bonds is 2. The van der Waals surface area contributed by atoms with Crippen LogP contribution < -0.4 is 0 Å². The molecule has 0 saturated heterocycles. The Balaban J connectivity index is 2.16. The molecule has 0 spiro atoms. The number of nitrogens with zero attached hydrogens (tertiary/aromatic N) is 1. The predicted molar refractivity (Wildman–Crippen MR) is 85.0 cm³/mol. The molecule has 0 N–H and O–H groups in total. The Kier molecular flexibility index (Phi) is 2.45. The summed E-state index contributed by atoms with van der Waals surface area (Å²) in [5.74, 6) is -0.273.